The first kappa shape index (κ1) is 21.9. The number of hydrogen-bond acceptors (Lipinski definition) is 3. The van der Waals surface area contributed by atoms with Crippen LogP contribution < -0.4 is 4.72 Å². The van der Waals surface area contributed by atoms with Gasteiger partial charge in [-0.1, -0.05) is 48.5 Å². The molecule has 0 spiro atoms. The van der Waals surface area contributed by atoms with Gasteiger partial charge in [-0.05, 0) is 41.9 Å². The fourth-order valence-corrected chi connectivity index (χ4v) is 5.44. The number of likely N-dealkylation sites (tertiary alicyclic amines) is 1. The Labute approximate surface area is 181 Å². The maximum absolute atomic E-state index is 13.8. The van der Waals surface area contributed by atoms with Crippen molar-refractivity contribution in [1.29, 1.82) is 0 Å². The lowest BCUT2D eigenvalue weighted by atomic mass is 9.91. The minimum Gasteiger partial charge on any atom is -0.341 e. The summed E-state index contributed by atoms with van der Waals surface area (Å²) >= 11 is 0. The average Bonchev–Trinajstić information content (AvgIpc) is 3.53. The van der Waals surface area contributed by atoms with Crippen LogP contribution in [0.4, 0.5) is 8.78 Å². The summed E-state index contributed by atoms with van der Waals surface area (Å²) in [6.45, 7) is 0.935. The quantitative estimate of drug-likeness (QED) is 0.728. The number of alkyl halides is 2. The Balaban J connectivity index is 1.55. The number of rotatable bonds is 6. The molecule has 1 aliphatic heterocycles. The van der Waals surface area contributed by atoms with Gasteiger partial charge in [-0.2, -0.15) is 0 Å². The lowest BCUT2D eigenvalue weighted by Crippen LogP contribution is -2.49. The molecule has 1 heterocycles. The summed E-state index contributed by atoms with van der Waals surface area (Å²) in [4.78, 5) is 14.8. The van der Waals surface area contributed by atoms with Crippen molar-refractivity contribution < 1.29 is 22.0 Å². The molecule has 0 bridgehead atoms. The number of piperidine rings is 1. The Morgan fingerprint density at radius 3 is 2.55 bits per heavy atom. The largest absolute Gasteiger partial charge is 0.341 e. The first-order valence-corrected chi connectivity index (χ1v) is 12.4. The molecule has 1 saturated carbocycles. The van der Waals surface area contributed by atoms with E-state index in [4.69, 9.17) is 0 Å². The Bertz CT molecular complexity index is 1060. The van der Waals surface area contributed by atoms with Gasteiger partial charge in [0.05, 0.1) is 6.26 Å². The van der Waals surface area contributed by atoms with Gasteiger partial charge < -0.3 is 4.90 Å². The van der Waals surface area contributed by atoms with Crippen molar-refractivity contribution in [3.05, 3.63) is 59.7 Å². The Kier molecular flexibility index (Phi) is 6.12. The lowest BCUT2D eigenvalue weighted by molar-refractivity contribution is -0.133. The van der Waals surface area contributed by atoms with Crippen molar-refractivity contribution in [1.82, 2.24) is 9.62 Å². The molecule has 0 aromatic heterocycles. The smallest absolute Gasteiger partial charge is 0.264 e. The van der Waals surface area contributed by atoms with Crippen LogP contribution in [0.25, 0.3) is 11.1 Å². The van der Waals surface area contributed by atoms with E-state index in [9.17, 15) is 22.0 Å². The van der Waals surface area contributed by atoms with E-state index in [1.54, 1.807) is 11.0 Å². The van der Waals surface area contributed by atoms with Gasteiger partial charge >= 0.3 is 0 Å². The third kappa shape index (κ3) is 4.96. The third-order valence-electron chi connectivity index (χ3n) is 6.05. The number of hydrogen-bond donors (Lipinski definition) is 1. The Hall–Kier alpha value is -2.32. The topological polar surface area (TPSA) is 66.5 Å². The molecule has 0 unspecified atom stereocenters. The van der Waals surface area contributed by atoms with Crippen molar-refractivity contribution in [3.8, 4) is 11.1 Å². The minimum atomic E-state index is -3.34. The summed E-state index contributed by atoms with van der Waals surface area (Å²) in [7, 11) is -3.34. The number of benzene rings is 2. The zero-order valence-corrected chi connectivity index (χ0v) is 18.1. The summed E-state index contributed by atoms with van der Waals surface area (Å²) in [5, 5.41) is 0. The fraction of sp³-hybridized carbons (Fsp3) is 0.435. The average molecular weight is 449 g/mol. The monoisotopic (exact) mass is 448 g/mol. The van der Waals surface area contributed by atoms with Crippen molar-refractivity contribution in [2.24, 2.45) is 5.92 Å². The van der Waals surface area contributed by atoms with E-state index in [1.807, 2.05) is 36.4 Å². The van der Waals surface area contributed by atoms with Gasteiger partial charge in [0, 0.05) is 30.6 Å². The summed E-state index contributed by atoms with van der Waals surface area (Å²) in [6.07, 6.45) is 0.553. The number of amides is 1. The second kappa shape index (κ2) is 8.67. The first-order valence-electron chi connectivity index (χ1n) is 10.5. The molecular formula is C23H26F2N2O3S. The van der Waals surface area contributed by atoms with Gasteiger partial charge in [0.25, 0.3) is 6.43 Å². The highest BCUT2D eigenvalue weighted by Crippen LogP contribution is 2.52. The van der Waals surface area contributed by atoms with Gasteiger partial charge in [0.1, 0.15) is 0 Å². The van der Waals surface area contributed by atoms with Crippen LogP contribution in [0.5, 0.6) is 0 Å². The number of carbonyl (C=O) groups excluding carboxylic acids is 1. The molecule has 1 amide bonds. The van der Waals surface area contributed by atoms with Crippen molar-refractivity contribution in [2.75, 3.05) is 19.3 Å². The van der Waals surface area contributed by atoms with Crippen LogP contribution in [0.1, 0.15) is 42.7 Å². The van der Waals surface area contributed by atoms with E-state index in [0.717, 1.165) is 23.8 Å². The second-order valence-corrected chi connectivity index (χ2v) is 10.2. The van der Waals surface area contributed by atoms with Crippen LogP contribution >= 0.6 is 0 Å². The molecular weight excluding hydrogens is 422 g/mol. The van der Waals surface area contributed by atoms with Gasteiger partial charge in [0.15, 0.2) is 0 Å². The Morgan fingerprint density at radius 2 is 1.87 bits per heavy atom. The van der Waals surface area contributed by atoms with Crippen LogP contribution in [0.15, 0.2) is 48.5 Å². The number of carbonyl (C=O) groups is 1. The maximum Gasteiger partial charge on any atom is 0.264 e. The highest BCUT2D eigenvalue weighted by atomic mass is 32.2. The molecule has 5 nitrogen and oxygen atoms in total. The molecule has 2 aliphatic rings. The molecule has 1 N–H and O–H groups in total. The van der Waals surface area contributed by atoms with Crippen LogP contribution in [-0.4, -0.2) is 44.6 Å². The summed E-state index contributed by atoms with van der Waals surface area (Å²) in [5.74, 6) is -0.386. The normalized spacial score (nSPS) is 23.7. The van der Waals surface area contributed by atoms with Crippen molar-refractivity contribution in [2.45, 2.75) is 37.6 Å². The van der Waals surface area contributed by atoms with E-state index in [-0.39, 0.29) is 29.3 Å². The molecule has 2 aromatic carbocycles. The third-order valence-corrected chi connectivity index (χ3v) is 6.81. The van der Waals surface area contributed by atoms with E-state index < -0.39 is 16.4 Å². The standard InChI is InChI=1S/C23H26F2N2O3S/c1-31(29,30)26-16-9-6-12-27(14-16)23(28)20-13-19(20)17-10-5-11-18(22(24)25)21(17)15-7-3-2-4-8-15/h2-5,7-8,10-11,16,19-20,22,26H,6,9,12-14H2,1H3/t16-,19+,20-/m1/s1. The molecule has 166 valence electrons. The molecule has 8 heteroatoms. The van der Waals surface area contributed by atoms with Crippen LogP contribution in [0.3, 0.4) is 0 Å². The predicted octanol–water partition coefficient (Wildman–Crippen LogP) is 3.93. The molecule has 31 heavy (non-hydrogen) atoms. The summed E-state index contributed by atoms with van der Waals surface area (Å²) in [6, 6.07) is 13.8. The molecule has 2 aromatic rings. The predicted molar refractivity (Wildman–Crippen MR) is 115 cm³/mol. The maximum atomic E-state index is 13.8. The second-order valence-electron chi connectivity index (χ2n) is 8.44. The first-order chi connectivity index (χ1) is 14.7. The minimum absolute atomic E-state index is 0.0165. The number of nitrogens with zero attached hydrogens (tertiary/aromatic N) is 1. The molecule has 4 rings (SSSR count). The zero-order chi connectivity index (χ0) is 22.2. The number of sulfonamides is 1. The van der Waals surface area contributed by atoms with Crippen LogP contribution in [-0.2, 0) is 14.8 Å². The SMILES string of the molecule is CS(=O)(=O)N[C@@H]1CCCN(C(=O)[C@@H]2C[C@H]2c2cccc(C(F)F)c2-c2ccccc2)C1. The lowest BCUT2D eigenvalue weighted by Gasteiger charge is -2.33. The summed E-state index contributed by atoms with van der Waals surface area (Å²) < 4.78 is 53.2. The highest BCUT2D eigenvalue weighted by molar-refractivity contribution is 7.88. The van der Waals surface area contributed by atoms with E-state index >= 15 is 0 Å². The fourth-order valence-electron chi connectivity index (χ4n) is 4.64. The zero-order valence-electron chi connectivity index (χ0n) is 17.3. The van der Waals surface area contributed by atoms with E-state index in [0.29, 0.717) is 31.5 Å². The van der Waals surface area contributed by atoms with Gasteiger partial charge in [-0.3, -0.25) is 4.79 Å². The van der Waals surface area contributed by atoms with Gasteiger partial charge in [-0.25, -0.2) is 21.9 Å². The van der Waals surface area contributed by atoms with Crippen molar-refractivity contribution in [3.63, 3.8) is 0 Å². The summed E-state index contributed by atoms with van der Waals surface area (Å²) in [5.41, 5.74) is 2.01. The highest BCUT2D eigenvalue weighted by Gasteiger charge is 2.47. The van der Waals surface area contributed by atoms with E-state index in [1.165, 1.54) is 6.07 Å². The van der Waals surface area contributed by atoms with E-state index in [2.05, 4.69) is 4.72 Å². The molecule has 3 atom stereocenters. The number of nitrogens with one attached hydrogen (secondary N) is 1. The van der Waals surface area contributed by atoms with Crippen LogP contribution in [0, 0.1) is 5.92 Å². The van der Waals surface area contributed by atoms with Crippen LogP contribution in [0.2, 0.25) is 0 Å². The molecule has 2 fully saturated rings. The molecule has 0 radical (unpaired) electrons. The van der Waals surface area contributed by atoms with Crippen molar-refractivity contribution >= 4 is 15.9 Å². The Morgan fingerprint density at radius 1 is 1.13 bits per heavy atom. The number of halogens is 2. The molecule has 1 saturated heterocycles. The van der Waals surface area contributed by atoms with Gasteiger partial charge in [-0.15, -0.1) is 0 Å². The van der Waals surface area contributed by atoms with Gasteiger partial charge in [0.2, 0.25) is 15.9 Å². The molecule has 1 aliphatic carbocycles.